The van der Waals surface area contributed by atoms with E-state index in [9.17, 15) is 4.79 Å². The second kappa shape index (κ2) is 7.14. The van der Waals surface area contributed by atoms with Crippen LogP contribution in [-0.2, 0) is 6.54 Å². The molecule has 0 aliphatic carbocycles. The minimum Gasteiger partial charge on any atom is -0.322 e. The highest BCUT2D eigenvalue weighted by Crippen LogP contribution is 2.26. The van der Waals surface area contributed by atoms with Gasteiger partial charge in [0, 0.05) is 47.7 Å². The monoisotopic (exact) mass is 357 g/mol. The fourth-order valence-electron chi connectivity index (χ4n) is 4.25. The van der Waals surface area contributed by atoms with Crippen molar-refractivity contribution >= 4 is 22.7 Å². The molecule has 4 rings (SSSR count). The Kier molecular flexibility index (Phi) is 4.89. The first-order valence-corrected chi connectivity index (χ1v) is 10.5. The van der Waals surface area contributed by atoms with E-state index < -0.39 is 0 Å². The predicted molar refractivity (Wildman–Crippen MR) is 105 cm³/mol. The molecular formula is C20H27N3OS. The summed E-state index contributed by atoms with van der Waals surface area (Å²) >= 11 is 1.70. The summed E-state index contributed by atoms with van der Waals surface area (Å²) in [5.41, 5.74) is 1.87. The molecule has 1 unspecified atom stereocenters. The molecule has 134 valence electrons. The van der Waals surface area contributed by atoms with E-state index in [-0.39, 0.29) is 5.56 Å². The number of nitrogens with zero attached hydrogens (tertiary/aromatic N) is 2. The topological polar surface area (TPSA) is 39.3 Å². The van der Waals surface area contributed by atoms with Gasteiger partial charge in [-0.25, -0.2) is 0 Å². The minimum absolute atomic E-state index is 0.0561. The highest BCUT2D eigenvalue weighted by atomic mass is 32.2. The van der Waals surface area contributed by atoms with E-state index in [0.29, 0.717) is 6.04 Å². The molecule has 2 aliphatic heterocycles. The van der Waals surface area contributed by atoms with Crippen LogP contribution < -0.4 is 5.56 Å². The van der Waals surface area contributed by atoms with Gasteiger partial charge in [0.25, 0.3) is 5.56 Å². The number of H-pyrrole nitrogens is 1. The first-order valence-electron chi connectivity index (χ1n) is 9.32. The molecule has 5 heteroatoms. The number of aromatic amines is 1. The van der Waals surface area contributed by atoms with Crippen LogP contribution in [0.2, 0.25) is 0 Å². The van der Waals surface area contributed by atoms with Gasteiger partial charge in [-0.2, -0.15) is 0 Å². The first-order chi connectivity index (χ1) is 12.1. The number of hydrogen-bond donors (Lipinski definition) is 1. The van der Waals surface area contributed by atoms with Crippen LogP contribution in [0.4, 0.5) is 0 Å². The number of rotatable bonds is 4. The van der Waals surface area contributed by atoms with Gasteiger partial charge in [0.1, 0.15) is 0 Å². The van der Waals surface area contributed by atoms with Crippen molar-refractivity contribution in [3.63, 3.8) is 0 Å². The molecule has 0 saturated carbocycles. The number of fused-ring (bicyclic) bond motifs is 1. The number of benzene rings is 1. The van der Waals surface area contributed by atoms with E-state index in [1.165, 1.54) is 30.7 Å². The van der Waals surface area contributed by atoms with Gasteiger partial charge in [-0.05, 0) is 56.2 Å². The van der Waals surface area contributed by atoms with E-state index in [0.717, 1.165) is 42.1 Å². The van der Waals surface area contributed by atoms with Crippen LogP contribution in [0.15, 0.2) is 34.0 Å². The average Bonchev–Trinajstić information content (AvgIpc) is 2.58. The lowest BCUT2D eigenvalue weighted by molar-refractivity contribution is -0.00635. The number of piperidine rings is 1. The summed E-state index contributed by atoms with van der Waals surface area (Å²) in [7, 11) is 0. The molecule has 2 aliphatic rings. The number of aromatic nitrogens is 1. The Bertz CT molecular complexity index is 812. The summed E-state index contributed by atoms with van der Waals surface area (Å²) in [4.78, 5) is 21.8. The Morgan fingerprint density at radius 1 is 1.24 bits per heavy atom. The fourth-order valence-corrected chi connectivity index (χ4v) is 4.69. The molecule has 3 heterocycles. The molecule has 25 heavy (non-hydrogen) atoms. The largest absolute Gasteiger partial charge is 0.322 e. The molecule has 2 fully saturated rings. The molecule has 0 amide bonds. The molecule has 2 saturated heterocycles. The molecule has 0 radical (unpaired) electrons. The first kappa shape index (κ1) is 17.1. The third kappa shape index (κ3) is 3.50. The van der Waals surface area contributed by atoms with Crippen molar-refractivity contribution in [2.75, 3.05) is 25.9 Å². The fraction of sp³-hybridized carbons (Fsp3) is 0.550. The van der Waals surface area contributed by atoms with Crippen molar-refractivity contribution in [3.8, 4) is 0 Å². The van der Waals surface area contributed by atoms with E-state index in [1.807, 2.05) is 0 Å². The lowest BCUT2D eigenvalue weighted by Crippen LogP contribution is -2.61. The Balaban J connectivity index is 1.43. The van der Waals surface area contributed by atoms with Crippen molar-refractivity contribution in [2.24, 2.45) is 0 Å². The zero-order valence-corrected chi connectivity index (χ0v) is 15.9. The molecule has 1 atom stereocenters. The number of thioether (sulfide) groups is 1. The lowest BCUT2D eigenvalue weighted by Gasteiger charge is -2.49. The summed E-state index contributed by atoms with van der Waals surface area (Å²) in [6.45, 7) is 6.54. The highest BCUT2D eigenvalue weighted by molar-refractivity contribution is 7.98. The minimum atomic E-state index is 0.0561. The van der Waals surface area contributed by atoms with E-state index in [2.05, 4.69) is 52.2 Å². The SMILES string of the molecule is CSc1ccc2cc(CN3CC(N4CCCCC4C)C3)c(=O)[nH]c2c1. The van der Waals surface area contributed by atoms with Gasteiger partial charge in [-0.3, -0.25) is 14.6 Å². The Morgan fingerprint density at radius 2 is 2.08 bits per heavy atom. The quantitative estimate of drug-likeness (QED) is 0.852. The molecule has 0 spiro atoms. The van der Waals surface area contributed by atoms with Crippen molar-refractivity contribution in [3.05, 3.63) is 40.2 Å². The van der Waals surface area contributed by atoms with Gasteiger partial charge in [0.05, 0.1) is 0 Å². The summed E-state index contributed by atoms with van der Waals surface area (Å²) in [6, 6.07) is 9.74. The molecule has 1 aromatic carbocycles. The number of hydrogen-bond acceptors (Lipinski definition) is 4. The molecular weight excluding hydrogens is 330 g/mol. The second-order valence-electron chi connectivity index (χ2n) is 7.51. The maximum Gasteiger partial charge on any atom is 0.252 e. The maximum atomic E-state index is 12.4. The van der Waals surface area contributed by atoms with E-state index in [1.54, 1.807) is 11.8 Å². The zero-order chi connectivity index (χ0) is 17.4. The highest BCUT2D eigenvalue weighted by Gasteiger charge is 2.35. The number of nitrogens with one attached hydrogen (secondary N) is 1. The third-order valence-corrected chi connectivity index (χ3v) is 6.51. The third-order valence-electron chi connectivity index (χ3n) is 5.79. The normalized spacial score (nSPS) is 23.0. The van der Waals surface area contributed by atoms with Crippen LogP contribution in [0, 0.1) is 0 Å². The summed E-state index contributed by atoms with van der Waals surface area (Å²) < 4.78 is 0. The lowest BCUT2D eigenvalue weighted by atomic mass is 9.97. The number of likely N-dealkylation sites (tertiary alicyclic amines) is 2. The van der Waals surface area contributed by atoms with Crippen molar-refractivity contribution in [1.29, 1.82) is 0 Å². The van der Waals surface area contributed by atoms with Crippen molar-refractivity contribution < 1.29 is 0 Å². The van der Waals surface area contributed by atoms with Gasteiger partial charge < -0.3 is 4.98 Å². The maximum absolute atomic E-state index is 12.4. The molecule has 1 aromatic heterocycles. The standard InChI is InChI=1S/C20H27N3OS/c1-14-5-3-4-8-23(14)17-12-22(13-17)11-16-9-15-6-7-18(25-2)10-19(15)21-20(16)24/h6-7,9-10,14,17H,3-5,8,11-13H2,1-2H3,(H,21,24). The van der Waals surface area contributed by atoms with E-state index in [4.69, 9.17) is 0 Å². The Hall–Kier alpha value is -1.30. The smallest absolute Gasteiger partial charge is 0.252 e. The van der Waals surface area contributed by atoms with Gasteiger partial charge in [0.2, 0.25) is 0 Å². The molecule has 2 aromatic rings. The van der Waals surface area contributed by atoms with Crippen LogP contribution in [0.5, 0.6) is 0 Å². The molecule has 1 N–H and O–H groups in total. The molecule has 0 bridgehead atoms. The van der Waals surface area contributed by atoms with Crippen LogP contribution in [0.25, 0.3) is 10.9 Å². The van der Waals surface area contributed by atoms with Gasteiger partial charge >= 0.3 is 0 Å². The summed E-state index contributed by atoms with van der Waals surface area (Å²) in [5, 5.41) is 1.12. The van der Waals surface area contributed by atoms with Crippen molar-refractivity contribution in [2.45, 2.75) is 49.7 Å². The summed E-state index contributed by atoms with van der Waals surface area (Å²) in [6.07, 6.45) is 6.10. The number of pyridine rings is 1. The van der Waals surface area contributed by atoms with Crippen LogP contribution in [0.1, 0.15) is 31.7 Å². The van der Waals surface area contributed by atoms with Crippen LogP contribution in [-0.4, -0.2) is 52.8 Å². The second-order valence-corrected chi connectivity index (χ2v) is 8.39. The van der Waals surface area contributed by atoms with E-state index >= 15 is 0 Å². The van der Waals surface area contributed by atoms with Crippen molar-refractivity contribution in [1.82, 2.24) is 14.8 Å². The predicted octanol–water partition coefficient (Wildman–Crippen LogP) is 3.31. The zero-order valence-electron chi connectivity index (χ0n) is 15.1. The van der Waals surface area contributed by atoms with Crippen LogP contribution >= 0.6 is 11.8 Å². The Labute approximate surface area is 153 Å². The van der Waals surface area contributed by atoms with Gasteiger partial charge in [-0.1, -0.05) is 12.5 Å². The Morgan fingerprint density at radius 3 is 2.84 bits per heavy atom. The average molecular weight is 358 g/mol. The van der Waals surface area contributed by atoms with Gasteiger partial charge in [0.15, 0.2) is 0 Å². The summed E-state index contributed by atoms with van der Waals surface area (Å²) in [5.74, 6) is 0. The van der Waals surface area contributed by atoms with Gasteiger partial charge in [-0.15, -0.1) is 11.8 Å². The molecule has 4 nitrogen and oxygen atoms in total. The van der Waals surface area contributed by atoms with Crippen LogP contribution in [0.3, 0.4) is 0 Å².